The maximum Gasteiger partial charge on any atom is 0.336 e. The Labute approximate surface area is 314 Å². The fourth-order valence-corrected chi connectivity index (χ4v) is 8.08. The number of esters is 2. The van der Waals surface area contributed by atoms with Gasteiger partial charge in [-0.05, 0) is 73.0 Å². The van der Waals surface area contributed by atoms with Gasteiger partial charge in [-0.1, -0.05) is 49.4 Å². The molecule has 2 heterocycles. The molecule has 8 N–H and O–H groups in total. The highest BCUT2D eigenvalue weighted by molar-refractivity contribution is 6.06. The van der Waals surface area contributed by atoms with Crippen LogP contribution in [0, 0.1) is 11.8 Å². The van der Waals surface area contributed by atoms with E-state index in [1.165, 1.54) is 43.5 Å². The summed E-state index contributed by atoms with van der Waals surface area (Å²) in [5.41, 5.74) is -8.38. The van der Waals surface area contributed by atoms with Gasteiger partial charge in [-0.3, -0.25) is 14.9 Å². The number of phenols is 4. The fraction of sp³-hybridized carbons (Fsp3) is 0.350. The zero-order chi connectivity index (χ0) is 39.9. The molecule has 15 nitrogen and oxygen atoms in total. The Morgan fingerprint density at radius 2 is 1.62 bits per heavy atom. The number of nitrogens with one attached hydrogen (secondary N) is 1. The molecule has 15 heteroatoms. The van der Waals surface area contributed by atoms with Crippen molar-refractivity contribution in [3.8, 4) is 23.0 Å². The van der Waals surface area contributed by atoms with Crippen molar-refractivity contribution >= 4 is 29.8 Å². The predicted molar refractivity (Wildman–Crippen MR) is 192 cm³/mol. The first-order valence-corrected chi connectivity index (χ1v) is 17.5. The second-order valence-electron chi connectivity index (χ2n) is 14.0. The molecule has 4 aliphatic rings. The van der Waals surface area contributed by atoms with Crippen molar-refractivity contribution in [3.05, 3.63) is 101 Å². The molecule has 1 spiro atoms. The lowest BCUT2D eigenvalue weighted by molar-refractivity contribution is -0.378. The largest absolute Gasteiger partial charge is 0.504 e. The molecule has 7 rings (SSSR count). The van der Waals surface area contributed by atoms with Crippen molar-refractivity contribution in [2.75, 3.05) is 13.7 Å². The predicted octanol–water partition coefficient (Wildman–Crippen LogP) is 2.49. The zero-order valence-electron chi connectivity index (χ0n) is 29.8. The number of aromatic hydroxyl groups is 4. The van der Waals surface area contributed by atoms with Crippen molar-refractivity contribution < 1.29 is 69.1 Å². The highest BCUT2D eigenvalue weighted by Crippen LogP contribution is 2.62. The second-order valence-corrected chi connectivity index (χ2v) is 14.0. The summed E-state index contributed by atoms with van der Waals surface area (Å²) in [5, 5.41) is 78.0. The zero-order valence-corrected chi connectivity index (χ0v) is 29.8. The third kappa shape index (κ3) is 6.58. The van der Waals surface area contributed by atoms with E-state index in [1.54, 1.807) is 18.2 Å². The third-order valence-corrected chi connectivity index (χ3v) is 10.9. The van der Waals surface area contributed by atoms with E-state index < -0.39 is 100.0 Å². The molecule has 2 fully saturated rings. The van der Waals surface area contributed by atoms with E-state index in [2.05, 4.69) is 5.32 Å². The van der Waals surface area contributed by atoms with Gasteiger partial charge < -0.3 is 50.0 Å². The van der Waals surface area contributed by atoms with Gasteiger partial charge in [-0.2, -0.15) is 0 Å². The maximum absolute atomic E-state index is 14.0. The van der Waals surface area contributed by atoms with Gasteiger partial charge in [0.1, 0.15) is 12.0 Å². The highest BCUT2D eigenvalue weighted by Gasteiger charge is 2.83. The molecule has 1 saturated heterocycles. The number of carboxylic acids is 1. The molecule has 1 saturated carbocycles. The van der Waals surface area contributed by atoms with Crippen LogP contribution in [0.15, 0.2) is 78.9 Å². The molecular weight excluding hydrogens is 718 g/mol. The molecule has 2 bridgehead atoms. The number of aliphatic carboxylic acids is 1. The molecule has 2 aliphatic heterocycles. The van der Waals surface area contributed by atoms with E-state index in [0.717, 1.165) is 29.8 Å². The van der Waals surface area contributed by atoms with Crippen LogP contribution in [0.4, 0.5) is 0 Å². The van der Waals surface area contributed by atoms with Crippen molar-refractivity contribution in [1.29, 1.82) is 0 Å². The molecule has 0 radical (unpaired) electrons. The summed E-state index contributed by atoms with van der Waals surface area (Å²) in [6.45, 7) is 1.67. The van der Waals surface area contributed by atoms with Gasteiger partial charge in [0.05, 0.1) is 6.61 Å². The number of benzene rings is 3. The normalized spacial score (nSPS) is 29.4. The van der Waals surface area contributed by atoms with Crippen LogP contribution in [-0.2, 0) is 41.4 Å². The van der Waals surface area contributed by atoms with Crippen LogP contribution in [0.5, 0.6) is 23.0 Å². The monoisotopic (exact) mass is 759 g/mol. The Morgan fingerprint density at radius 1 is 0.927 bits per heavy atom. The van der Waals surface area contributed by atoms with Gasteiger partial charge in [-0.25, -0.2) is 9.59 Å². The number of carboxylic acid groups (broad SMARTS) is 1. The lowest BCUT2D eigenvalue weighted by Gasteiger charge is -2.68. The van der Waals surface area contributed by atoms with E-state index in [-0.39, 0.29) is 24.2 Å². The molecule has 3 aromatic carbocycles. The fourth-order valence-electron chi connectivity index (χ4n) is 8.08. The van der Waals surface area contributed by atoms with Crippen LogP contribution in [-0.4, -0.2) is 102 Å². The average Bonchev–Trinajstić information content (AvgIpc) is 3.15. The smallest absolute Gasteiger partial charge is 0.336 e. The molecule has 2 aliphatic carbocycles. The highest BCUT2D eigenvalue weighted by atomic mass is 16.6. The lowest BCUT2D eigenvalue weighted by Crippen LogP contribution is -2.90. The number of hydrogen-bond donors (Lipinski definition) is 8. The number of rotatable bonds is 12. The molecule has 0 amide bonds. The molecule has 0 unspecified atom stereocenters. The molecule has 3 aromatic rings. The van der Waals surface area contributed by atoms with E-state index in [1.807, 2.05) is 13.0 Å². The number of phenolic OH excluding ortho intramolecular Hbond substituents is 4. The molecule has 7 atom stereocenters. The first-order valence-electron chi connectivity index (χ1n) is 17.5. The summed E-state index contributed by atoms with van der Waals surface area (Å²) < 4.78 is 18.6. The summed E-state index contributed by atoms with van der Waals surface area (Å²) in [6.07, 6.45) is 1.55. The first-order chi connectivity index (χ1) is 26.0. The minimum atomic E-state index is -2.77. The van der Waals surface area contributed by atoms with Gasteiger partial charge in [0.2, 0.25) is 5.60 Å². The van der Waals surface area contributed by atoms with Crippen molar-refractivity contribution in [2.45, 2.75) is 61.2 Å². The van der Waals surface area contributed by atoms with Crippen molar-refractivity contribution in [1.82, 2.24) is 5.32 Å². The van der Waals surface area contributed by atoms with E-state index >= 15 is 0 Å². The van der Waals surface area contributed by atoms with Crippen LogP contribution < -0.4 is 5.32 Å². The number of likely N-dealkylation sites (N-methyl/N-ethyl adjacent to an activating group) is 1. The average molecular weight is 760 g/mol. The van der Waals surface area contributed by atoms with Crippen LogP contribution in [0.25, 0.3) is 6.08 Å². The number of carbonyl (C=O) groups is 4. The summed E-state index contributed by atoms with van der Waals surface area (Å²) in [5.74, 6) is -9.69. The van der Waals surface area contributed by atoms with Crippen LogP contribution in [0.3, 0.4) is 0 Å². The molecule has 0 aromatic heterocycles. The Kier molecular flexibility index (Phi) is 10.3. The minimum Gasteiger partial charge on any atom is -0.504 e. The third-order valence-electron chi connectivity index (χ3n) is 10.9. The van der Waals surface area contributed by atoms with Gasteiger partial charge in [0.25, 0.3) is 0 Å². The van der Waals surface area contributed by atoms with E-state index in [4.69, 9.17) is 14.2 Å². The number of ether oxygens (including phenoxy) is 3. The van der Waals surface area contributed by atoms with E-state index in [0.29, 0.717) is 12.0 Å². The molecule has 55 heavy (non-hydrogen) atoms. The minimum absolute atomic E-state index is 0.177. The quantitative estimate of drug-likeness (QED) is 0.0251. The number of hydrogen-bond acceptors (Lipinski definition) is 14. The standard InChI is InChI=1S/C40H41NO14/c1-3-22-5-4-6-24(15-22)16-27-35(54-34(48)19-30(44)25-9-11-29(43)32(46)18-25)39(55-33(47)12-8-23-7-10-28(42)31(45)17-23)37(21-38(27,51)36(49)50)14-13-26(20-53-37)40(39,52)41-2/h4-15,17-18,26-27,35,41-43,45-46,51-52H,3,16,19-21H2,1-2H3,(H,49,50)/t26-,27+,35+,37+,38+,39-,40+/m0/s1. The van der Waals surface area contributed by atoms with Gasteiger partial charge in [0, 0.05) is 29.9 Å². The summed E-state index contributed by atoms with van der Waals surface area (Å²) >= 11 is 0. The maximum atomic E-state index is 14.0. The van der Waals surface area contributed by atoms with Crippen LogP contribution >= 0.6 is 0 Å². The Balaban J connectivity index is 1.52. The SMILES string of the molecule is CCc1cccc(C[C@@H]2[C@@H](OC(=O)CC(=O)c3ccc(O)c(O)c3)[C@]3(OC(=O)C=Cc4ccc(O)c(O)c4)[C@@]4(C=C[C@@H](CO4)[C@]3(O)NC)C[C@]2(O)C(=O)O)c1. The first kappa shape index (κ1) is 39.0. The Morgan fingerprint density at radius 3 is 2.24 bits per heavy atom. The Bertz CT molecular complexity index is 2100. The van der Waals surface area contributed by atoms with Crippen LogP contribution in [0.2, 0.25) is 0 Å². The summed E-state index contributed by atoms with van der Waals surface area (Å²) in [7, 11) is 1.35. The van der Waals surface area contributed by atoms with Gasteiger partial charge >= 0.3 is 17.9 Å². The van der Waals surface area contributed by atoms with Crippen molar-refractivity contribution in [2.24, 2.45) is 11.8 Å². The number of ketones is 1. The number of Topliss-reactive ketones (excluding diaryl/α,β-unsaturated/α-hetero) is 1. The summed E-state index contributed by atoms with van der Waals surface area (Å²) in [4.78, 5) is 54.5. The van der Waals surface area contributed by atoms with Gasteiger partial charge in [-0.15, -0.1) is 0 Å². The molecule has 290 valence electrons. The lowest BCUT2D eigenvalue weighted by atomic mass is 9.49. The Hall–Kier alpha value is -5.74. The van der Waals surface area contributed by atoms with E-state index in [9.17, 15) is 54.9 Å². The van der Waals surface area contributed by atoms with Gasteiger partial charge in [0.15, 0.2) is 46.2 Å². The number of fused-ring (bicyclic) bond motifs is 1. The topological polar surface area (TPSA) is 250 Å². The number of aliphatic hydroxyl groups is 2. The van der Waals surface area contributed by atoms with Crippen LogP contribution in [0.1, 0.15) is 46.8 Å². The second kappa shape index (κ2) is 14.5. The van der Waals surface area contributed by atoms with Crippen molar-refractivity contribution in [3.63, 3.8) is 0 Å². The molecular formula is C40H41NO14. The number of aryl methyl sites for hydroxylation is 1. The summed E-state index contributed by atoms with van der Waals surface area (Å²) in [6, 6.07) is 13.9. The number of carbonyl (C=O) groups excluding carboxylic acids is 3.